The van der Waals surface area contributed by atoms with Crippen LogP contribution >= 0.6 is 0 Å². The van der Waals surface area contributed by atoms with Crippen LogP contribution < -0.4 is 0 Å². The quantitative estimate of drug-likeness (QED) is 0.549. The van der Waals surface area contributed by atoms with Gasteiger partial charge < -0.3 is 4.57 Å². The predicted molar refractivity (Wildman–Crippen MR) is 96.8 cm³/mol. The number of benzene rings is 1. The molecule has 0 N–H and O–H groups in total. The minimum atomic E-state index is 0.777. The fourth-order valence-corrected chi connectivity index (χ4v) is 2.88. The second-order valence-corrected chi connectivity index (χ2v) is 6.26. The van der Waals surface area contributed by atoms with E-state index in [-0.39, 0.29) is 0 Å². The first-order chi connectivity index (χ1) is 11.9. The van der Waals surface area contributed by atoms with Crippen LogP contribution in [0.1, 0.15) is 50.4 Å². The van der Waals surface area contributed by atoms with E-state index in [1.54, 1.807) is 0 Å². The van der Waals surface area contributed by atoms with Gasteiger partial charge in [-0.3, -0.25) is 0 Å². The van der Waals surface area contributed by atoms with E-state index in [2.05, 4.69) is 63.0 Å². The van der Waals surface area contributed by atoms with E-state index in [0.717, 1.165) is 55.6 Å². The molecule has 0 atom stereocenters. The molecular weight excluding hydrogens is 296 g/mol. The van der Waals surface area contributed by atoms with Gasteiger partial charge in [-0.15, -0.1) is 0 Å². The molecule has 0 amide bonds. The van der Waals surface area contributed by atoms with Crippen molar-refractivity contribution in [2.45, 2.75) is 58.4 Å². The number of imidazole rings is 1. The van der Waals surface area contributed by atoms with Crippen LogP contribution in [0.3, 0.4) is 0 Å². The average molecular weight is 321 g/mol. The molecule has 0 spiro atoms. The van der Waals surface area contributed by atoms with E-state index < -0.39 is 0 Å². The van der Waals surface area contributed by atoms with E-state index in [4.69, 9.17) is 0 Å². The number of aromatic nitrogens is 4. The van der Waals surface area contributed by atoms with Gasteiger partial charge in [0, 0.05) is 13.0 Å². The monoisotopic (exact) mass is 321 g/mol. The fourth-order valence-electron chi connectivity index (χ4n) is 2.88. The molecule has 0 saturated heterocycles. The first-order valence-electron chi connectivity index (χ1n) is 9.00. The number of unbranched alkanes of at least 4 members (excludes halogenated alkanes) is 3. The van der Waals surface area contributed by atoms with Gasteiger partial charge in [-0.05, 0) is 31.2 Å². The molecule has 0 aliphatic rings. The fraction of sp³-hybridized carbons (Fsp3) is 0.450. The molecule has 0 unspecified atom stereocenters. The molecule has 0 bridgehead atoms. The molecule has 3 aromatic rings. The number of hydrogen-bond acceptors (Lipinski definition) is 3. The molecule has 4 nitrogen and oxygen atoms in total. The van der Waals surface area contributed by atoms with Gasteiger partial charge in [0.1, 0.15) is 17.5 Å². The Bertz CT molecular complexity index is 749. The smallest absolute Gasteiger partial charge is 0.164 e. The van der Waals surface area contributed by atoms with E-state index >= 15 is 0 Å². The van der Waals surface area contributed by atoms with Crippen molar-refractivity contribution < 1.29 is 0 Å². The molecule has 1 radical (unpaired) electrons. The van der Waals surface area contributed by atoms with Gasteiger partial charge in [0.05, 0.1) is 6.33 Å². The summed E-state index contributed by atoms with van der Waals surface area (Å²) < 4.78 is 2.14. The lowest BCUT2D eigenvalue weighted by Gasteiger charge is -2.05. The van der Waals surface area contributed by atoms with E-state index in [1.807, 2.05) is 6.33 Å². The molecular formula is C20H25N4. The Labute approximate surface area is 144 Å². The Kier molecular flexibility index (Phi) is 5.94. The van der Waals surface area contributed by atoms with E-state index in [1.165, 1.54) is 18.4 Å². The third-order valence-electron chi connectivity index (χ3n) is 4.30. The van der Waals surface area contributed by atoms with Crippen molar-refractivity contribution in [1.82, 2.24) is 19.5 Å². The highest BCUT2D eigenvalue weighted by Gasteiger charge is 2.07. The molecule has 3 rings (SSSR count). The van der Waals surface area contributed by atoms with Crippen molar-refractivity contribution in [3.05, 3.63) is 54.2 Å². The van der Waals surface area contributed by atoms with Gasteiger partial charge in [0.15, 0.2) is 5.65 Å². The molecule has 1 aromatic carbocycles. The number of aryl methyl sites for hydroxylation is 3. The van der Waals surface area contributed by atoms with Crippen molar-refractivity contribution >= 4 is 11.2 Å². The van der Waals surface area contributed by atoms with Crippen LogP contribution in [-0.2, 0) is 19.4 Å². The second kappa shape index (κ2) is 8.57. The highest BCUT2D eigenvalue weighted by atomic mass is 15.1. The van der Waals surface area contributed by atoms with Crippen LogP contribution in [0.25, 0.3) is 11.2 Å². The van der Waals surface area contributed by atoms with Crippen molar-refractivity contribution in [2.75, 3.05) is 0 Å². The average Bonchev–Trinajstić information content (AvgIpc) is 3.03. The Morgan fingerprint density at radius 1 is 1.00 bits per heavy atom. The summed E-state index contributed by atoms with van der Waals surface area (Å²) in [5, 5.41) is 0. The maximum Gasteiger partial charge on any atom is 0.164 e. The molecule has 4 heteroatoms. The Morgan fingerprint density at radius 3 is 2.71 bits per heavy atom. The van der Waals surface area contributed by atoms with E-state index in [0.29, 0.717) is 0 Å². The summed E-state index contributed by atoms with van der Waals surface area (Å²) in [6, 6.07) is 10.7. The van der Waals surface area contributed by atoms with Crippen LogP contribution in [0.2, 0.25) is 0 Å². The van der Waals surface area contributed by atoms with Gasteiger partial charge in [-0.2, -0.15) is 0 Å². The third kappa shape index (κ3) is 4.40. The summed E-state index contributed by atoms with van der Waals surface area (Å²) in [5.74, 6) is 0.884. The Morgan fingerprint density at radius 2 is 1.88 bits per heavy atom. The van der Waals surface area contributed by atoms with Gasteiger partial charge in [0.25, 0.3) is 0 Å². The van der Waals surface area contributed by atoms with Crippen LogP contribution in [0.15, 0.2) is 36.7 Å². The van der Waals surface area contributed by atoms with E-state index in [9.17, 15) is 0 Å². The van der Waals surface area contributed by atoms with Crippen LogP contribution in [0.5, 0.6) is 0 Å². The lowest BCUT2D eigenvalue weighted by Crippen LogP contribution is -2.01. The highest BCUT2D eigenvalue weighted by Crippen LogP contribution is 2.12. The van der Waals surface area contributed by atoms with Crippen molar-refractivity contribution in [2.24, 2.45) is 0 Å². The Hall–Kier alpha value is -2.23. The number of rotatable bonds is 9. The standard InChI is InChI=1S/C20H25N4/c1-2-3-13-19-21-15-18-20(23-19)24(16-22-18)14-9-5-8-12-17-10-6-4-7-11-17/h4,6-7,10-11,16H,2-3,5,8-9,12-14H2,1H3. The first-order valence-corrected chi connectivity index (χ1v) is 9.00. The van der Waals surface area contributed by atoms with Gasteiger partial charge in [-0.25, -0.2) is 15.0 Å². The topological polar surface area (TPSA) is 43.6 Å². The highest BCUT2D eigenvalue weighted by molar-refractivity contribution is 5.68. The molecule has 24 heavy (non-hydrogen) atoms. The van der Waals surface area contributed by atoms with Crippen molar-refractivity contribution in [1.29, 1.82) is 0 Å². The first kappa shape index (κ1) is 16.6. The van der Waals surface area contributed by atoms with Gasteiger partial charge in [-0.1, -0.05) is 50.1 Å². The number of fused-ring (bicyclic) bond motifs is 1. The molecule has 125 valence electrons. The van der Waals surface area contributed by atoms with Gasteiger partial charge in [0.2, 0.25) is 0 Å². The molecule has 0 fully saturated rings. The normalized spacial score (nSPS) is 11.2. The maximum absolute atomic E-state index is 4.68. The van der Waals surface area contributed by atoms with Crippen molar-refractivity contribution in [3.8, 4) is 0 Å². The number of hydrogen-bond donors (Lipinski definition) is 0. The second-order valence-electron chi connectivity index (χ2n) is 6.26. The third-order valence-corrected chi connectivity index (χ3v) is 4.30. The summed E-state index contributed by atoms with van der Waals surface area (Å²) in [7, 11) is 0. The summed E-state index contributed by atoms with van der Waals surface area (Å²) in [6.07, 6.45) is 12.8. The van der Waals surface area contributed by atoms with Crippen LogP contribution in [0.4, 0.5) is 0 Å². The van der Waals surface area contributed by atoms with Gasteiger partial charge >= 0.3 is 0 Å². The molecule has 0 saturated carbocycles. The van der Waals surface area contributed by atoms with Crippen LogP contribution in [0, 0.1) is 6.20 Å². The summed E-state index contributed by atoms with van der Waals surface area (Å²) in [5.41, 5.74) is 3.13. The number of nitrogens with zero attached hydrogens (tertiary/aromatic N) is 4. The van der Waals surface area contributed by atoms with Crippen LogP contribution in [-0.4, -0.2) is 19.5 Å². The van der Waals surface area contributed by atoms with Crippen molar-refractivity contribution in [3.63, 3.8) is 0 Å². The minimum Gasteiger partial charge on any atom is -0.315 e. The molecule has 0 aliphatic heterocycles. The zero-order chi connectivity index (χ0) is 16.6. The molecule has 0 aliphatic carbocycles. The molecule has 2 aromatic heterocycles. The largest absolute Gasteiger partial charge is 0.315 e. The summed E-state index contributed by atoms with van der Waals surface area (Å²) >= 11 is 0. The lowest BCUT2D eigenvalue weighted by atomic mass is 10.1. The minimum absolute atomic E-state index is 0.777. The Balaban J connectivity index is 1.51. The predicted octanol–water partition coefficient (Wildman–Crippen LogP) is 4.38. The lowest BCUT2D eigenvalue weighted by molar-refractivity contribution is 0.593. The molecule has 2 heterocycles. The summed E-state index contributed by atoms with van der Waals surface area (Å²) in [6.45, 7) is 3.14. The zero-order valence-corrected chi connectivity index (χ0v) is 14.4. The summed E-state index contributed by atoms with van der Waals surface area (Å²) in [4.78, 5) is 13.3. The zero-order valence-electron chi connectivity index (χ0n) is 14.4. The SMILES string of the molecule is CCCCc1n[c]c2ncn(CCCCCc3ccccc3)c2n1. The maximum atomic E-state index is 4.68.